The Hall–Kier alpha value is -0.820. The van der Waals surface area contributed by atoms with Gasteiger partial charge in [0.05, 0.1) is 7.11 Å². The quantitative estimate of drug-likeness (QED) is 0.586. The summed E-state index contributed by atoms with van der Waals surface area (Å²) in [6, 6.07) is 0. The molecule has 1 atom stereocenters. The largest absolute Gasteiger partial charge is 0.468 e. The molecule has 0 fully saturated rings. The zero-order valence-corrected chi connectivity index (χ0v) is 12.6. The van der Waals surface area contributed by atoms with Gasteiger partial charge in [0.2, 0.25) is 5.13 Å². The fourth-order valence-electron chi connectivity index (χ4n) is 1.35. The molecule has 18 heavy (non-hydrogen) atoms. The number of methoxy groups -OCH3 is 1. The fraction of sp³-hybridized carbons (Fsp3) is 0.727. The summed E-state index contributed by atoms with van der Waals surface area (Å²) < 4.78 is 5.62. The number of aromatic nitrogens is 2. The molecule has 1 aromatic rings. The molecule has 5 nitrogen and oxygen atoms in total. The van der Waals surface area contributed by atoms with Gasteiger partial charge in [-0.15, -0.1) is 10.2 Å². The Bertz CT molecular complexity index is 371. The van der Waals surface area contributed by atoms with E-state index in [-0.39, 0.29) is 11.2 Å². The van der Waals surface area contributed by atoms with Crippen molar-refractivity contribution in [3.8, 4) is 0 Å². The third-order valence-electron chi connectivity index (χ3n) is 2.26. The molecule has 1 aromatic heterocycles. The first-order chi connectivity index (χ1) is 8.71. The number of anilines is 1. The molecule has 0 aliphatic carbocycles. The van der Waals surface area contributed by atoms with Gasteiger partial charge in [-0.1, -0.05) is 42.9 Å². The van der Waals surface area contributed by atoms with Crippen LogP contribution in [0.4, 0.5) is 5.13 Å². The van der Waals surface area contributed by atoms with Crippen LogP contribution in [0.3, 0.4) is 0 Å². The van der Waals surface area contributed by atoms with Gasteiger partial charge in [-0.05, 0) is 13.3 Å². The van der Waals surface area contributed by atoms with Crippen molar-refractivity contribution in [2.45, 2.75) is 42.7 Å². The standard InChI is InChI=1S/C11H19N3O2S2/c1-4-6-7-8(9(15)16-3)17-11-14-13-10(18-11)12-5-2/h8H,4-7H2,1-3H3,(H,12,13). The fourth-order valence-corrected chi connectivity index (χ4v) is 3.48. The van der Waals surface area contributed by atoms with E-state index in [1.165, 1.54) is 30.2 Å². The molecule has 1 rings (SSSR count). The Labute approximate surface area is 116 Å². The van der Waals surface area contributed by atoms with Crippen molar-refractivity contribution in [1.82, 2.24) is 10.2 Å². The van der Waals surface area contributed by atoms with E-state index in [9.17, 15) is 4.79 Å². The van der Waals surface area contributed by atoms with Crippen molar-refractivity contribution < 1.29 is 9.53 Å². The molecule has 0 aliphatic heterocycles. The van der Waals surface area contributed by atoms with Gasteiger partial charge in [-0.3, -0.25) is 4.79 Å². The third-order valence-corrected chi connectivity index (χ3v) is 4.47. The minimum atomic E-state index is -0.186. The summed E-state index contributed by atoms with van der Waals surface area (Å²) >= 11 is 2.91. The highest BCUT2D eigenvalue weighted by Crippen LogP contribution is 2.31. The van der Waals surface area contributed by atoms with Crippen LogP contribution in [-0.4, -0.2) is 35.1 Å². The molecule has 0 amide bonds. The average molecular weight is 289 g/mol. The van der Waals surface area contributed by atoms with Gasteiger partial charge >= 0.3 is 5.97 Å². The van der Waals surface area contributed by atoms with Crippen LogP contribution in [0.1, 0.15) is 33.1 Å². The SMILES string of the molecule is CCCCC(Sc1nnc(NCC)s1)C(=O)OC. The van der Waals surface area contributed by atoms with Crippen LogP contribution in [-0.2, 0) is 9.53 Å². The number of thioether (sulfide) groups is 1. The summed E-state index contributed by atoms with van der Waals surface area (Å²) in [5, 5.41) is 11.8. The summed E-state index contributed by atoms with van der Waals surface area (Å²) in [6.45, 7) is 4.93. The first-order valence-electron chi connectivity index (χ1n) is 6.03. The van der Waals surface area contributed by atoms with E-state index in [1.807, 2.05) is 6.92 Å². The van der Waals surface area contributed by atoms with Gasteiger partial charge < -0.3 is 10.1 Å². The number of carbonyl (C=O) groups is 1. The third kappa shape index (κ3) is 4.81. The number of ether oxygens (including phenoxy) is 1. The van der Waals surface area contributed by atoms with E-state index in [0.717, 1.165) is 35.3 Å². The number of hydrogen-bond donors (Lipinski definition) is 1. The second-order valence-electron chi connectivity index (χ2n) is 3.68. The van der Waals surface area contributed by atoms with Crippen molar-refractivity contribution >= 4 is 34.2 Å². The van der Waals surface area contributed by atoms with Gasteiger partial charge in [0.25, 0.3) is 0 Å². The smallest absolute Gasteiger partial charge is 0.319 e. The second-order valence-corrected chi connectivity index (χ2v) is 6.10. The Balaban J connectivity index is 2.60. The first-order valence-corrected chi connectivity index (χ1v) is 7.72. The van der Waals surface area contributed by atoms with Crippen molar-refractivity contribution in [1.29, 1.82) is 0 Å². The molecule has 0 bridgehead atoms. The number of esters is 1. The molecule has 7 heteroatoms. The lowest BCUT2D eigenvalue weighted by Crippen LogP contribution is -2.18. The lowest BCUT2D eigenvalue weighted by atomic mass is 10.2. The van der Waals surface area contributed by atoms with E-state index >= 15 is 0 Å². The van der Waals surface area contributed by atoms with E-state index in [0.29, 0.717) is 0 Å². The van der Waals surface area contributed by atoms with Gasteiger partial charge in [0.15, 0.2) is 4.34 Å². The van der Waals surface area contributed by atoms with Crippen LogP contribution in [0.15, 0.2) is 4.34 Å². The van der Waals surface area contributed by atoms with Gasteiger partial charge in [-0.2, -0.15) is 0 Å². The molecule has 102 valence electrons. The Morgan fingerprint density at radius 3 is 2.89 bits per heavy atom. The molecule has 1 heterocycles. The minimum absolute atomic E-state index is 0.183. The highest BCUT2D eigenvalue weighted by molar-refractivity contribution is 8.02. The van der Waals surface area contributed by atoms with Crippen molar-refractivity contribution in [3.05, 3.63) is 0 Å². The summed E-state index contributed by atoms with van der Waals surface area (Å²) in [5.41, 5.74) is 0. The molecule has 0 saturated heterocycles. The van der Waals surface area contributed by atoms with Gasteiger partial charge in [0.1, 0.15) is 5.25 Å². The summed E-state index contributed by atoms with van der Waals surface area (Å²) in [5.74, 6) is -0.186. The van der Waals surface area contributed by atoms with E-state index in [1.54, 1.807) is 0 Å². The monoisotopic (exact) mass is 289 g/mol. The summed E-state index contributed by atoms with van der Waals surface area (Å²) in [4.78, 5) is 11.7. The Kier molecular flexibility index (Phi) is 7.04. The zero-order chi connectivity index (χ0) is 13.4. The van der Waals surface area contributed by atoms with Crippen molar-refractivity contribution in [2.24, 2.45) is 0 Å². The maximum absolute atomic E-state index is 11.7. The minimum Gasteiger partial charge on any atom is -0.468 e. The van der Waals surface area contributed by atoms with Gasteiger partial charge in [0, 0.05) is 6.54 Å². The molecule has 0 spiro atoms. The number of hydrogen-bond acceptors (Lipinski definition) is 7. The molecular formula is C11H19N3O2S2. The van der Waals surface area contributed by atoms with E-state index in [2.05, 4.69) is 22.4 Å². The number of unbranched alkanes of at least 4 members (excludes halogenated alkanes) is 1. The highest BCUT2D eigenvalue weighted by Gasteiger charge is 2.22. The van der Waals surface area contributed by atoms with Crippen LogP contribution in [0.2, 0.25) is 0 Å². The molecule has 1 N–H and O–H groups in total. The maximum atomic E-state index is 11.7. The summed E-state index contributed by atoms with van der Waals surface area (Å²) in [6.07, 6.45) is 2.88. The zero-order valence-electron chi connectivity index (χ0n) is 10.9. The Morgan fingerprint density at radius 1 is 1.50 bits per heavy atom. The normalized spacial score (nSPS) is 12.2. The lowest BCUT2D eigenvalue weighted by molar-refractivity contribution is -0.140. The number of nitrogens with one attached hydrogen (secondary N) is 1. The topological polar surface area (TPSA) is 64.1 Å². The number of carbonyl (C=O) groups excluding carboxylic acids is 1. The van der Waals surface area contributed by atoms with E-state index < -0.39 is 0 Å². The Morgan fingerprint density at radius 2 is 2.28 bits per heavy atom. The van der Waals surface area contributed by atoms with Gasteiger partial charge in [-0.25, -0.2) is 0 Å². The van der Waals surface area contributed by atoms with Crippen molar-refractivity contribution in [3.63, 3.8) is 0 Å². The summed E-state index contributed by atoms with van der Waals surface area (Å²) in [7, 11) is 1.42. The molecular weight excluding hydrogens is 270 g/mol. The first kappa shape index (κ1) is 15.2. The average Bonchev–Trinajstić information content (AvgIpc) is 2.81. The molecule has 0 saturated carbocycles. The van der Waals surface area contributed by atoms with Crippen LogP contribution in [0, 0.1) is 0 Å². The predicted molar refractivity (Wildman–Crippen MR) is 75.3 cm³/mol. The van der Waals surface area contributed by atoms with Crippen LogP contribution in [0.25, 0.3) is 0 Å². The van der Waals surface area contributed by atoms with Crippen LogP contribution in [0.5, 0.6) is 0 Å². The van der Waals surface area contributed by atoms with E-state index in [4.69, 9.17) is 4.74 Å². The van der Waals surface area contributed by atoms with Crippen LogP contribution >= 0.6 is 23.1 Å². The highest BCUT2D eigenvalue weighted by atomic mass is 32.2. The van der Waals surface area contributed by atoms with Crippen LogP contribution < -0.4 is 5.32 Å². The molecule has 1 unspecified atom stereocenters. The molecule has 0 aromatic carbocycles. The van der Waals surface area contributed by atoms with Crippen molar-refractivity contribution in [2.75, 3.05) is 19.0 Å². The predicted octanol–water partition coefficient (Wildman–Crippen LogP) is 2.79. The maximum Gasteiger partial charge on any atom is 0.319 e. The number of rotatable bonds is 8. The lowest BCUT2D eigenvalue weighted by Gasteiger charge is -2.11. The number of nitrogens with zero attached hydrogens (tertiary/aromatic N) is 2. The molecule has 0 radical (unpaired) electrons. The second kappa shape index (κ2) is 8.31. The molecule has 0 aliphatic rings.